The van der Waals surface area contributed by atoms with Gasteiger partial charge in [-0.05, 0) is 42.0 Å². The van der Waals surface area contributed by atoms with Crippen molar-refractivity contribution in [3.8, 4) is 11.5 Å². The highest BCUT2D eigenvalue weighted by molar-refractivity contribution is 5.93. The molecule has 2 aromatic rings. The van der Waals surface area contributed by atoms with Gasteiger partial charge in [0, 0.05) is 37.9 Å². The number of methoxy groups -OCH3 is 2. The van der Waals surface area contributed by atoms with Gasteiger partial charge in [-0.15, -0.1) is 0 Å². The molecule has 1 aliphatic rings. The molecule has 0 aromatic heterocycles. The second-order valence-electron chi connectivity index (χ2n) is 7.11. The number of nitrogens with one attached hydrogen (secondary N) is 1. The number of benzene rings is 2. The van der Waals surface area contributed by atoms with E-state index in [0.29, 0.717) is 43.4 Å². The number of amides is 2. The minimum Gasteiger partial charge on any atom is -0.493 e. The lowest BCUT2D eigenvalue weighted by Crippen LogP contribution is -2.50. The van der Waals surface area contributed by atoms with Gasteiger partial charge in [0.15, 0.2) is 11.5 Å². The van der Waals surface area contributed by atoms with Gasteiger partial charge >= 0.3 is 0 Å². The molecule has 8 heteroatoms. The highest BCUT2D eigenvalue weighted by Gasteiger charge is 2.21. The van der Waals surface area contributed by atoms with Gasteiger partial charge in [0.2, 0.25) is 11.8 Å². The van der Waals surface area contributed by atoms with Crippen LogP contribution in [-0.2, 0) is 9.59 Å². The number of hydrogen-bond donors (Lipinski definition) is 1. The Hall–Kier alpha value is -3.39. The quantitative estimate of drug-likeness (QED) is 0.688. The van der Waals surface area contributed by atoms with E-state index in [0.717, 1.165) is 5.56 Å². The van der Waals surface area contributed by atoms with Crippen LogP contribution in [0.4, 0.5) is 10.1 Å². The fourth-order valence-electron chi connectivity index (χ4n) is 3.33. The molecule has 0 aliphatic carbocycles. The summed E-state index contributed by atoms with van der Waals surface area (Å²) in [5.74, 6) is 0.536. The van der Waals surface area contributed by atoms with Crippen molar-refractivity contribution >= 4 is 23.6 Å². The van der Waals surface area contributed by atoms with E-state index in [1.807, 2.05) is 11.0 Å². The average molecular weight is 427 g/mol. The number of carbonyl (C=O) groups excluding carboxylic acids is 2. The lowest BCUT2D eigenvalue weighted by Gasteiger charge is -2.33. The van der Waals surface area contributed by atoms with Crippen LogP contribution >= 0.6 is 0 Å². The van der Waals surface area contributed by atoms with Crippen LogP contribution in [0.15, 0.2) is 48.5 Å². The number of anilines is 1. The van der Waals surface area contributed by atoms with E-state index in [-0.39, 0.29) is 18.4 Å². The van der Waals surface area contributed by atoms with Crippen molar-refractivity contribution in [3.63, 3.8) is 0 Å². The van der Waals surface area contributed by atoms with Crippen molar-refractivity contribution in [2.45, 2.75) is 0 Å². The number of carbonyl (C=O) groups is 2. The summed E-state index contributed by atoms with van der Waals surface area (Å²) >= 11 is 0. The highest BCUT2D eigenvalue weighted by atomic mass is 19.1. The summed E-state index contributed by atoms with van der Waals surface area (Å²) in [6.07, 6.45) is 3.27. The summed E-state index contributed by atoms with van der Waals surface area (Å²) in [4.78, 5) is 28.4. The Balaban J connectivity index is 1.47. The van der Waals surface area contributed by atoms with Crippen LogP contribution in [0, 0.1) is 5.82 Å². The zero-order chi connectivity index (χ0) is 22.2. The monoisotopic (exact) mass is 427 g/mol. The van der Waals surface area contributed by atoms with Gasteiger partial charge in [-0.1, -0.05) is 12.1 Å². The third-order valence-corrected chi connectivity index (χ3v) is 4.99. The molecule has 1 fully saturated rings. The molecule has 1 aliphatic heterocycles. The van der Waals surface area contributed by atoms with E-state index >= 15 is 0 Å². The number of halogens is 1. The van der Waals surface area contributed by atoms with Gasteiger partial charge in [-0.3, -0.25) is 14.5 Å². The predicted molar refractivity (Wildman–Crippen MR) is 117 cm³/mol. The van der Waals surface area contributed by atoms with Crippen molar-refractivity contribution in [1.29, 1.82) is 0 Å². The third-order valence-electron chi connectivity index (χ3n) is 4.99. The Labute approximate surface area is 181 Å². The van der Waals surface area contributed by atoms with E-state index in [9.17, 15) is 14.0 Å². The second-order valence-corrected chi connectivity index (χ2v) is 7.11. The summed E-state index contributed by atoms with van der Waals surface area (Å²) in [5.41, 5.74) is 1.26. The van der Waals surface area contributed by atoms with E-state index in [1.54, 1.807) is 49.5 Å². The van der Waals surface area contributed by atoms with Gasteiger partial charge < -0.3 is 19.7 Å². The van der Waals surface area contributed by atoms with Crippen molar-refractivity contribution in [3.05, 3.63) is 59.9 Å². The van der Waals surface area contributed by atoms with E-state index in [2.05, 4.69) is 5.32 Å². The summed E-state index contributed by atoms with van der Waals surface area (Å²) in [5, 5.41) is 2.69. The van der Waals surface area contributed by atoms with E-state index in [4.69, 9.17) is 9.47 Å². The summed E-state index contributed by atoms with van der Waals surface area (Å²) in [7, 11) is 3.13. The van der Waals surface area contributed by atoms with Crippen LogP contribution in [0.2, 0.25) is 0 Å². The molecule has 1 N–H and O–H groups in total. The highest BCUT2D eigenvalue weighted by Crippen LogP contribution is 2.28. The van der Waals surface area contributed by atoms with Crippen LogP contribution in [-0.4, -0.2) is 68.6 Å². The maximum Gasteiger partial charge on any atom is 0.246 e. The lowest BCUT2D eigenvalue weighted by atomic mass is 10.2. The summed E-state index contributed by atoms with van der Waals surface area (Å²) < 4.78 is 23.7. The number of piperazine rings is 1. The predicted octanol–water partition coefficient (Wildman–Crippen LogP) is 2.64. The molecule has 1 saturated heterocycles. The first kappa shape index (κ1) is 22.3. The lowest BCUT2D eigenvalue weighted by molar-refractivity contribution is -0.127. The molecular weight excluding hydrogens is 401 g/mol. The van der Waals surface area contributed by atoms with Gasteiger partial charge in [0.1, 0.15) is 5.82 Å². The largest absolute Gasteiger partial charge is 0.493 e. The molecule has 3 rings (SSSR count). The fraction of sp³-hybridized carbons (Fsp3) is 0.304. The van der Waals surface area contributed by atoms with Crippen molar-refractivity contribution in [2.75, 3.05) is 52.3 Å². The molecule has 7 nitrogen and oxygen atoms in total. The van der Waals surface area contributed by atoms with Gasteiger partial charge in [0.25, 0.3) is 0 Å². The Morgan fingerprint density at radius 3 is 2.45 bits per heavy atom. The molecule has 0 saturated carbocycles. The van der Waals surface area contributed by atoms with Crippen LogP contribution in [0.5, 0.6) is 11.5 Å². The van der Waals surface area contributed by atoms with Gasteiger partial charge in [-0.25, -0.2) is 4.39 Å². The van der Waals surface area contributed by atoms with Crippen molar-refractivity contribution in [2.24, 2.45) is 0 Å². The first-order valence-electron chi connectivity index (χ1n) is 9.95. The molecule has 2 aromatic carbocycles. The first-order chi connectivity index (χ1) is 15.0. The molecule has 0 spiro atoms. The van der Waals surface area contributed by atoms with E-state index in [1.165, 1.54) is 18.2 Å². The molecule has 0 unspecified atom stereocenters. The summed E-state index contributed by atoms with van der Waals surface area (Å²) in [6, 6.07) is 11.2. The molecule has 0 atom stereocenters. The topological polar surface area (TPSA) is 71.1 Å². The Kier molecular flexibility index (Phi) is 7.61. The second kappa shape index (κ2) is 10.6. The number of hydrogen-bond acceptors (Lipinski definition) is 5. The maximum absolute atomic E-state index is 13.2. The molecule has 2 amide bonds. The number of ether oxygens (including phenoxy) is 2. The minimum atomic E-state index is -0.397. The van der Waals surface area contributed by atoms with Crippen molar-refractivity contribution in [1.82, 2.24) is 9.80 Å². The molecule has 0 bridgehead atoms. The number of rotatable bonds is 7. The standard InChI is InChI=1S/C23H26FN3O4/c1-30-20-8-6-17(14-21(20)31-2)7-9-23(29)27-12-10-26(11-13-27)16-22(28)25-19-5-3-4-18(24)15-19/h3-9,14-15H,10-13,16H2,1-2H3,(H,25,28). The zero-order valence-electron chi connectivity index (χ0n) is 17.6. The summed E-state index contributed by atoms with van der Waals surface area (Å²) in [6.45, 7) is 2.43. The first-order valence-corrected chi connectivity index (χ1v) is 9.95. The van der Waals surface area contributed by atoms with Crippen molar-refractivity contribution < 1.29 is 23.5 Å². The molecule has 0 radical (unpaired) electrons. The molecule has 1 heterocycles. The van der Waals surface area contributed by atoms with Crippen LogP contribution in [0.1, 0.15) is 5.56 Å². The molecule has 164 valence electrons. The number of nitrogens with zero attached hydrogens (tertiary/aromatic N) is 2. The zero-order valence-corrected chi connectivity index (χ0v) is 17.6. The van der Waals surface area contributed by atoms with Gasteiger partial charge in [-0.2, -0.15) is 0 Å². The SMILES string of the molecule is COc1ccc(C=CC(=O)N2CCN(CC(=O)Nc3cccc(F)c3)CC2)cc1OC. The molecular formula is C23H26FN3O4. The van der Waals surface area contributed by atoms with Crippen LogP contribution in [0.3, 0.4) is 0 Å². The average Bonchev–Trinajstić information content (AvgIpc) is 2.77. The smallest absolute Gasteiger partial charge is 0.246 e. The third kappa shape index (κ3) is 6.29. The Morgan fingerprint density at radius 1 is 1.03 bits per heavy atom. The van der Waals surface area contributed by atoms with Gasteiger partial charge in [0.05, 0.1) is 20.8 Å². The van der Waals surface area contributed by atoms with E-state index < -0.39 is 5.82 Å². The van der Waals surface area contributed by atoms with Crippen LogP contribution < -0.4 is 14.8 Å². The fourth-order valence-corrected chi connectivity index (χ4v) is 3.33. The normalized spacial score (nSPS) is 14.5. The Morgan fingerprint density at radius 2 is 1.77 bits per heavy atom. The Bertz CT molecular complexity index is 956. The van der Waals surface area contributed by atoms with Crippen LogP contribution in [0.25, 0.3) is 6.08 Å². The minimum absolute atomic E-state index is 0.0846. The molecule has 31 heavy (non-hydrogen) atoms. The maximum atomic E-state index is 13.2.